The van der Waals surface area contributed by atoms with Gasteiger partial charge in [-0.2, -0.15) is 9.40 Å². The Balaban J connectivity index is 1.50. The standard InChI is InChI=1S/C19H19N5O3S/c25-19(22-15-9-10-18(20-14-15)23-12-5-11-21-23)17-8-4-13-24(17)28(26,27)16-6-2-1-3-7-16/h1-3,5-7,9-12,14,17H,4,8,13H2,(H,22,25). The summed E-state index contributed by atoms with van der Waals surface area (Å²) in [4.78, 5) is 17.2. The summed E-state index contributed by atoms with van der Waals surface area (Å²) in [5.41, 5.74) is 0.505. The highest BCUT2D eigenvalue weighted by atomic mass is 32.2. The summed E-state index contributed by atoms with van der Waals surface area (Å²) >= 11 is 0. The molecule has 1 amide bonds. The Hall–Kier alpha value is -3.04. The van der Waals surface area contributed by atoms with E-state index in [0.717, 1.165) is 0 Å². The summed E-state index contributed by atoms with van der Waals surface area (Å²) in [5.74, 6) is 0.266. The number of sulfonamides is 1. The Morgan fingerprint density at radius 2 is 1.93 bits per heavy atom. The Morgan fingerprint density at radius 3 is 2.61 bits per heavy atom. The van der Waals surface area contributed by atoms with Gasteiger partial charge in [0, 0.05) is 18.9 Å². The molecule has 1 N–H and O–H groups in total. The van der Waals surface area contributed by atoms with Crippen LogP contribution in [0.1, 0.15) is 12.8 Å². The van der Waals surface area contributed by atoms with E-state index in [2.05, 4.69) is 15.4 Å². The van der Waals surface area contributed by atoms with Gasteiger partial charge in [-0.15, -0.1) is 0 Å². The number of nitrogens with zero attached hydrogens (tertiary/aromatic N) is 4. The molecule has 4 rings (SSSR count). The smallest absolute Gasteiger partial charge is 0.243 e. The predicted molar refractivity (Wildman–Crippen MR) is 103 cm³/mol. The van der Waals surface area contributed by atoms with Gasteiger partial charge in [0.1, 0.15) is 6.04 Å². The molecule has 144 valence electrons. The van der Waals surface area contributed by atoms with Gasteiger partial charge in [0.05, 0.1) is 16.8 Å². The highest BCUT2D eigenvalue weighted by Gasteiger charge is 2.39. The minimum absolute atomic E-state index is 0.194. The molecule has 8 nitrogen and oxygen atoms in total. The fraction of sp³-hybridized carbons (Fsp3) is 0.211. The molecule has 0 saturated carbocycles. The summed E-state index contributed by atoms with van der Waals surface area (Å²) in [6.07, 6.45) is 6.07. The normalized spacial score (nSPS) is 17.5. The molecule has 1 saturated heterocycles. The van der Waals surface area contributed by atoms with Gasteiger partial charge in [-0.05, 0) is 43.2 Å². The van der Waals surface area contributed by atoms with E-state index in [0.29, 0.717) is 30.9 Å². The molecule has 0 bridgehead atoms. The maximum absolute atomic E-state index is 12.9. The molecule has 0 spiro atoms. The van der Waals surface area contributed by atoms with Crippen molar-refractivity contribution < 1.29 is 13.2 Å². The molecule has 1 aromatic carbocycles. The van der Waals surface area contributed by atoms with Crippen molar-refractivity contribution in [1.29, 1.82) is 0 Å². The maximum Gasteiger partial charge on any atom is 0.243 e. The Kier molecular flexibility index (Phi) is 4.93. The van der Waals surface area contributed by atoms with E-state index >= 15 is 0 Å². The fourth-order valence-electron chi connectivity index (χ4n) is 3.24. The van der Waals surface area contributed by atoms with E-state index in [1.54, 1.807) is 65.6 Å². The third kappa shape index (κ3) is 3.54. The number of benzene rings is 1. The first kappa shape index (κ1) is 18.3. The maximum atomic E-state index is 12.9. The lowest BCUT2D eigenvalue weighted by Gasteiger charge is -2.23. The van der Waals surface area contributed by atoms with Crippen LogP contribution in [0.2, 0.25) is 0 Å². The Bertz CT molecular complexity index is 1050. The molecule has 0 radical (unpaired) electrons. The second-order valence-corrected chi connectivity index (χ2v) is 8.32. The number of rotatable bonds is 5. The van der Waals surface area contributed by atoms with E-state index in [1.807, 2.05) is 0 Å². The summed E-state index contributed by atoms with van der Waals surface area (Å²) in [5, 5.41) is 6.87. The predicted octanol–water partition coefficient (Wildman–Crippen LogP) is 2.06. The van der Waals surface area contributed by atoms with Gasteiger partial charge in [0.15, 0.2) is 5.82 Å². The summed E-state index contributed by atoms with van der Waals surface area (Å²) < 4.78 is 28.7. The number of anilines is 1. The number of carbonyl (C=O) groups excluding carboxylic acids is 1. The summed E-state index contributed by atoms with van der Waals surface area (Å²) in [6.45, 7) is 0.325. The van der Waals surface area contributed by atoms with Crippen LogP contribution >= 0.6 is 0 Å². The largest absolute Gasteiger partial charge is 0.323 e. The molecule has 0 aliphatic carbocycles. The second kappa shape index (κ2) is 7.53. The number of nitrogens with one attached hydrogen (secondary N) is 1. The molecule has 1 unspecified atom stereocenters. The van der Waals surface area contributed by atoms with Crippen molar-refractivity contribution >= 4 is 21.6 Å². The molecule has 3 aromatic rings. The number of aromatic nitrogens is 3. The first-order valence-electron chi connectivity index (χ1n) is 8.89. The van der Waals surface area contributed by atoms with Gasteiger partial charge in [-0.1, -0.05) is 18.2 Å². The third-order valence-corrected chi connectivity index (χ3v) is 6.53. The molecule has 1 aliphatic heterocycles. The zero-order valence-corrected chi connectivity index (χ0v) is 15.8. The average molecular weight is 397 g/mol. The van der Waals surface area contributed by atoms with E-state index < -0.39 is 16.1 Å². The van der Waals surface area contributed by atoms with Gasteiger partial charge in [-0.3, -0.25) is 4.79 Å². The molecule has 3 heterocycles. The van der Waals surface area contributed by atoms with Crippen molar-refractivity contribution in [1.82, 2.24) is 19.1 Å². The van der Waals surface area contributed by atoms with Gasteiger partial charge < -0.3 is 5.32 Å². The quantitative estimate of drug-likeness (QED) is 0.711. The van der Waals surface area contributed by atoms with Crippen LogP contribution in [-0.2, 0) is 14.8 Å². The van der Waals surface area contributed by atoms with E-state index in [1.165, 1.54) is 10.5 Å². The van der Waals surface area contributed by atoms with E-state index in [-0.39, 0.29) is 10.8 Å². The van der Waals surface area contributed by atoms with Crippen molar-refractivity contribution in [3.8, 4) is 5.82 Å². The zero-order chi connectivity index (χ0) is 19.6. The van der Waals surface area contributed by atoms with Crippen LogP contribution in [-0.4, -0.2) is 46.0 Å². The topological polar surface area (TPSA) is 97.2 Å². The molecule has 2 aromatic heterocycles. The van der Waals surface area contributed by atoms with E-state index in [9.17, 15) is 13.2 Å². The van der Waals surface area contributed by atoms with Gasteiger partial charge in [0.25, 0.3) is 0 Å². The number of hydrogen-bond acceptors (Lipinski definition) is 5. The number of carbonyl (C=O) groups is 1. The first-order valence-corrected chi connectivity index (χ1v) is 10.3. The van der Waals surface area contributed by atoms with Crippen LogP contribution in [0.25, 0.3) is 5.82 Å². The second-order valence-electron chi connectivity index (χ2n) is 6.43. The van der Waals surface area contributed by atoms with Crippen LogP contribution < -0.4 is 5.32 Å². The van der Waals surface area contributed by atoms with Crippen molar-refractivity contribution in [3.05, 3.63) is 67.1 Å². The minimum atomic E-state index is -3.72. The summed E-state index contributed by atoms with van der Waals surface area (Å²) in [6, 6.07) is 12.7. The van der Waals surface area contributed by atoms with Crippen LogP contribution in [0, 0.1) is 0 Å². The highest BCUT2D eigenvalue weighted by Crippen LogP contribution is 2.27. The monoisotopic (exact) mass is 397 g/mol. The van der Waals surface area contributed by atoms with Crippen LogP contribution in [0.3, 0.4) is 0 Å². The lowest BCUT2D eigenvalue weighted by molar-refractivity contribution is -0.119. The van der Waals surface area contributed by atoms with Crippen LogP contribution in [0.15, 0.2) is 72.0 Å². The first-order chi connectivity index (χ1) is 13.6. The molecular weight excluding hydrogens is 378 g/mol. The SMILES string of the molecule is O=C(Nc1ccc(-n2cccn2)nc1)C1CCCN1S(=O)(=O)c1ccccc1. The Labute approximate surface area is 162 Å². The summed E-state index contributed by atoms with van der Waals surface area (Å²) in [7, 11) is -3.72. The molecule has 9 heteroatoms. The van der Waals surface area contributed by atoms with Crippen LogP contribution in [0.4, 0.5) is 5.69 Å². The zero-order valence-electron chi connectivity index (χ0n) is 15.0. The van der Waals surface area contributed by atoms with Crippen molar-refractivity contribution in [2.45, 2.75) is 23.8 Å². The molecular formula is C19H19N5O3S. The van der Waals surface area contributed by atoms with Gasteiger partial charge >= 0.3 is 0 Å². The lowest BCUT2D eigenvalue weighted by atomic mass is 10.2. The molecule has 1 aliphatic rings. The van der Waals surface area contributed by atoms with Gasteiger partial charge in [-0.25, -0.2) is 18.1 Å². The molecule has 1 atom stereocenters. The molecule has 1 fully saturated rings. The van der Waals surface area contributed by atoms with Crippen molar-refractivity contribution in [3.63, 3.8) is 0 Å². The number of amides is 1. The van der Waals surface area contributed by atoms with Crippen molar-refractivity contribution in [2.24, 2.45) is 0 Å². The lowest BCUT2D eigenvalue weighted by Crippen LogP contribution is -2.43. The highest BCUT2D eigenvalue weighted by molar-refractivity contribution is 7.89. The molecule has 28 heavy (non-hydrogen) atoms. The Morgan fingerprint density at radius 1 is 1.11 bits per heavy atom. The van der Waals surface area contributed by atoms with Crippen molar-refractivity contribution in [2.75, 3.05) is 11.9 Å². The van der Waals surface area contributed by atoms with E-state index in [4.69, 9.17) is 0 Å². The third-order valence-electron chi connectivity index (χ3n) is 4.61. The van der Waals surface area contributed by atoms with Gasteiger partial charge in [0.2, 0.25) is 15.9 Å². The average Bonchev–Trinajstić information content (AvgIpc) is 3.42. The minimum Gasteiger partial charge on any atom is -0.323 e. The fourth-order valence-corrected chi connectivity index (χ4v) is 4.92. The van der Waals surface area contributed by atoms with Crippen LogP contribution in [0.5, 0.6) is 0 Å². The number of pyridine rings is 1. The number of hydrogen-bond donors (Lipinski definition) is 1.